The molecule has 94 valence electrons. The van der Waals surface area contributed by atoms with E-state index in [-0.39, 0.29) is 5.75 Å². The van der Waals surface area contributed by atoms with Gasteiger partial charge in [0.25, 0.3) is 0 Å². The van der Waals surface area contributed by atoms with Gasteiger partial charge in [0.2, 0.25) is 0 Å². The molecule has 0 aliphatic carbocycles. The van der Waals surface area contributed by atoms with Gasteiger partial charge in [0, 0.05) is 0 Å². The highest BCUT2D eigenvalue weighted by Crippen LogP contribution is 2.36. The van der Waals surface area contributed by atoms with Crippen LogP contribution in [-0.2, 0) is 0 Å². The maximum Gasteiger partial charge on any atom is 0.163 e. The first-order valence-electron chi connectivity index (χ1n) is 6.16. The molecule has 0 saturated heterocycles. The molecule has 0 atom stereocenters. The molecule has 0 unspecified atom stereocenters. The number of hydrogen-bond acceptors (Lipinski definition) is 2. The molecule has 2 heteroatoms. The number of phenolic OH excluding ortho intramolecular Hbond substituents is 1. The smallest absolute Gasteiger partial charge is 0.163 e. The fraction of sp³-hybridized carbons (Fsp3) is 0.250. The van der Waals surface area contributed by atoms with Gasteiger partial charge in [-0.05, 0) is 55.2 Å². The molecule has 2 aromatic carbocycles. The number of benzene rings is 2. The molecule has 18 heavy (non-hydrogen) atoms. The van der Waals surface area contributed by atoms with Crippen LogP contribution in [0.4, 0.5) is 0 Å². The third-order valence-electron chi connectivity index (χ3n) is 3.00. The first-order chi connectivity index (χ1) is 8.63. The van der Waals surface area contributed by atoms with Crippen molar-refractivity contribution in [2.75, 3.05) is 6.61 Å². The van der Waals surface area contributed by atoms with Crippen molar-refractivity contribution in [1.29, 1.82) is 0 Å². The lowest BCUT2D eigenvalue weighted by atomic mass is 9.98. The van der Waals surface area contributed by atoms with E-state index in [1.807, 2.05) is 32.0 Å². The second kappa shape index (κ2) is 5.13. The van der Waals surface area contributed by atoms with Crippen LogP contribution in [0.25, 0.3) is 11.1 Å². The van der Waals surface area contributed by atoms with Gasteiger partial charge in [-0.2, -0.15) is 0 Å². The van der Waals surface area contributed by atoms with Gasteiger partial charge in [-0.25, -0.2) is 0 Å². The molecule has 0 bridgehead atoms. The van der Waals surface area contributed by atoms with Crippen LogP contribution in [0.1, 0.15) is 18.1 Å². The van der Waals surface area contributed by atoms with Crippen molar-refractivity contribution in [2.45, 2.75) is 20.8 Å². The Morgan fingerprint density at radius 2 is 1.78 bits per heavy atom. The first-order valence-corrected chi connectivity index (χ1v) is 6.16. The van der Waals surface area contributed by atoms with Gasteiger partial charge >= 0.3 is 0 Å². The van der Waals surface area contributed by atoms with E-state index < -0.39 is 0 Å². The van der Waals surface area contributed by atoms with Gasteiger partial charge in [0.15, 0.2) is 11.5 Å². The number of rotatable bonds is 3. The van der Waals surface area contributed by atoms with E-state index in [4.69, 9.17) is 4.74 Å². The van der Waals surface area contributed by atoms with Crippen LogP contribution in [0.5, 0.6) is 11.5 Å². The molecule has 0 spiro atoms. The predicted octanol–water partition coefficient (Wildman–Crippen LogP) is 4.07. The van der Waals surface area contributed by atoms with Crippen molar-refractivity contribution in [2.24, 2.45) is 0 Å². The van der Waals surface area contributed by atoms with Gasteiger partial charge in [-0.3, -0.25) is 0 Å². The minimum absolute atomic E-state index is 0.204. The fourth-order valence-corrected chi connectivity index (χ4v) is 2.14. The van der Waals surface area contributed by atoms with Crippen LogP contribution in [0, 0.1) is 13.8 Å². The first kappa shape index (κ1) is 12.5. The molecule has 0 radical (unpaired) electrons. The number of ether oxygens (including phenoxy) is 1. The zero-order valence-corrected chi connectivity index (χ0v) is 11.0. The lowest BCUT2D eigenvalue weighted by Gasteiger charge is -2.13. The van der Waals surface area contributed by atoms with E-state index in [1.54, 1.807) is 6.07 Å². The third-order valence-corrected chi connectivity index (χ3v) is 3.00. The molecule has 2 rings (SSSR count). The van der Waals surface area contributed by atoms with Crippen molar-refractivity contribution in [3.8, 4) is 22.6 Å². The van der Waals surface area contributed by atoms with E-state index >= 15 is 0 Å². The van der Waals surface area contributed by atoms with Crippen LogP contribution >= 0.6 is 0 Å². The van der Waals surface area contributed by atoms with Crippen molar-refractivity contribution in [3.05, 3.63) is 47.5 Å². The second-order valence-electron chi connectivity index (χ2n) is 4.39. The third kappa shape index (κ3) is 2.33. The Bertz CT molecular complexity index is 536. The number of phenols is 1. The fourth-order valence-electron chi connectivity index (χ4n) is 2.14. The Kier molecular flexibility index (Phi) is 3.56. The van der Waals surface area contributed by atoms with Crippen molar-refractivity contribution in [3.63, 3.8) is 0 Å². The average molecular weight is 242 g/mol. The molecule has 0 fully saturated rings. The van der Waals surface area contributed by atoms with E-state index in [0.717, 1.165) is 16.7 Å². The summed E-state index contributed by atoms with van der Waals surface area (Å²) in [4.78, 5) is 0. The van der Waals surface area contributed by atoms with E-state index in [2.05, 4.69) is 19.1 Å². The van der Waals surface area contributed by atoms with Crippen molar-refractivity contribution in [1.82, 2.24) is 0 Å². The molecule has 0 amide bonds. The van der Waals surface area contributed by atoms with Gasteiger partial charge in [-0.15, -0.1) is 0 Å². The number of hydrogen-bond donors (Lipinski definition) is 1. The molecule has 0 aromatic heterocycles. The largest absolute Gasteiger partial charge is 0.504 e. The quantitative estimate of drug-likeness (QED) is 0.879. The Hall–Kier alpha value is -1.96. The number of aromatic hydroxyl groups is 1. The summed E-state index contributed by atoms with van der Waals surface area (Å²) in [6.07, 6.45) is 0. The molecule has 1 N–H and O–H groups in total. The highest BCUT2D eigenvalue weighted by Gasteiger charge is 2.10. The summed E-state index contributed by atoms with van der Waals surface area (Å²) in [5, 5.41) is 10.0. The summed E-state index contributed by atoms with van der Waals surface area (Å²) in [5.74, 6) is 0.782. The summed E-state index contributed by atoms with van der Waals surface area (Å²) in [7, 11) is 0. The second-order valence-corrected chi connectivity index (χ2v) is 4.39. The average Bonchev–Trinajstić information content (AvgIpc) is 2.34. The van der Waals surface area contributed by atoms with Crippen LogP contribution in [0.3, 0.4) is 0 Å². The van der Waals surface area contributed by atoms with Gasteiger partial charge in [0.1, 0.15) is 0 Å². The molecule has 2 nitrogen and oxygen atoms in total. The maximum absolute atomic E-state index is 10.0. The Morgan fingerprint density at radius 3 is 2.39 bits per heavy atom. The van der Waals surface area contributed by atoms with Gasteiger partial charge in [0.05, 0.1) is 6.61 Å². The summed E-state index contributed by atoms with van der Waals surface area (Å²) in [6, 6.07) is 12.0. The normalized spacial score (nSPS) is 10.4. The molecule has 0 aliphatic heterocycles. The van der Waals surface area contributed by atoms with Crippen molar-refractivity contribution >= 4 is 0 Å². The Labute approximate surface area is 108 Å². The minimum atomic E-state index is 0.204. The number of aryl methyl sites for hydroxylation is 2. The highest BCUT2D eigenvalue weighted by atomic mass is 16.5. The predicted molar refractivity (Wildman–Crippen MR) is 74.2 cm³/mol. The zero-order valence-electron chi connectivity index (χ0n) is 11.0. The molecular weight excluding hydrogens is 224 g/mol. The van der Waals surface area contributed by atoms with Crippen LogP contribution in [-0.4, -0.2) is 11.7 Å². The molecule has 2 aromatic rings. The highest BCUT2D eigenvalue weighted by molar-refractivity contribution is 5.71. The SMILES string of the molecule is CCOc1c(C)cc(-c2ccccc2C)cc1O. The molecule has 0 saturated carbocycles. The topological polar surface area (TPSA) is 29.5 Å². The lowest BCUT2D eigenvalue weighted by molar-refractivity contribution is 0.316. The lowest BCUT2D eigenvalue weighted by Crippen LogP contribution is -1.95. The van der Waals surface area contributed by atoms with E-state index in [0.29, 0.717) is 12.4 Å². The maximum atomic E-state index is 10.0. The molecule has 0 heterocycles. The Morgan fingerprint density at radius 1 is 1.06 bits per heavy atom. The van der Waals surface area contributed by atoms with Crippen LogP contribution in [0.2, 0.25) is 0 Å². The Balaban J connectivity index is 2.52. The summed E-state index contributed by atoms with van der Waals surface area (Å²) in [5.41, 5.74) is 4.31. The van der Waals surface area contributed by atoms with E-state index in [9.17, 15) is 5.11 Å². The summed E-state index contributed by atoms with van der Waals surface area (Å²) < 4.78 is 5.44. The summed E-state index contributed by atoms with van der Waals surface area (Å²) >= 11 is 0. The molecular formula is C16H18O2. The van der Waals surface area contributed by atoms with E-state index in [1.165, 1.54) is 5.56 Å². The zero-order chi connectivity index (χ0) is 13.1. The van der Waals surface area contributed by atoms with Crippen LogP contribution < -0.4 is 4.74 Å². The summed E-state index contributed by atoms with van der Waals surface area (Å²) in [6.45, 7) is 6.48. The minimum Gasteiger partial charge on any atom is -0.504 e. The monoisotopic (exact) mass is 242 g/mol. The van der Waals surface area contributed by atoms with Crippen LogP contribution in [0.15, 0.2) is 36.4 Å². The van der Waals surface area contributed by atoms with Gasteiger partial charge in [-0.1, -0.05) is 24.3 Å². The standard InChI is InChI=1S/C16H18O2/c1-4-18-16-12(3)9-13(10-15(16)17)14-8-6-5-7-11(14)2/h5-10,17H,4H2,1-3H3. The van der Waals surface area contributed by atoms with Gasteiger partial charge < -0.3 is 9.84 Å². The van der Waals surface area contributed by atoms with Crippen molar-refractivity contribution < 1.29 is 9.84 Å². The molecule has 0 aliphatic rings.